The molecule has 2 aromatic carbocycles. The zero-order valence-electron chi connectivity index (χ0n) is 14.3. The second kappa shape index (κ2) is 7.05. The van der Waals surface area contributed by atoms with Gasteiger partial charge in [-0.2, -0.15) is 0 Å². The molecule has 3 aromatic rings. The summed E-state index contributed by atoms with van der Waals surface area (Å²) in [5, 5.41) is 1.19. The van der Waals surface area contributed by atoms with E-state index in [0.717, 1.165) is 42.8 Å². The number of fused-ring (bicyclic) bond motifs is 1. The van der Waals surface area contributed by atoms with Crippen LogP contribution in [-0.2, 0) is 13.1 Å². The first kappa shape index (κ1) is 16.5. The van der Waals surface area contributed by atoms with Crippen LogP contribution in [0.2, 0.25) is 0 Å². The monoisotopic (exact) mass is 325 g/mol. The Morgan fingerprint density at radius 2 is 1.88 bits per heavy atom. The molecule has 0 atom stereocenters. The third kappa shape index (κ3) is 3.60. The predicted octanol–water partition coefficient (Wildman–Crippen LogP) is 4.25. The third-order valence-corrected chi connectivity index (χ3v) is 4.30. The van der Waals surface area contributed by atoms with E-state index in [1.807, 2.05) is 24.3 Å². The van der Waals surface area contributed by atoms with Crippen molar-refractivity contribution in [2.75, 3.05) is 19.3 Å². The number of nitrogens with two attached hydrogens (primary N) is 1. The number of benzene rings is 2. The third-order valence-electron chi connectivity index (χ3n) is 4.30. The number of hydrogen-bond donors (Lipinski definition) is 1. The van der Waals surface area contributed by atoms with Crippen LogP contribution in [-0.4, -0.2) is 23.1 Å². The number of anilines is 1. The van der Waals surface area contributed by atoms with Gasteiger partial charge in [-0.05, 0) is 61.5 Å². The van der Waals surface area contributed by atoms with Gasteiger partial charge in [0, 0.05) is 35.9 Å². The number of aromatic nitrogens is 1. The van der Waals surface area contributed by atoms with Crippen LogP contribution in [0, 0.1) is 5.82 Å². The molecule has 0 aliphatic rings. The van der Waals surface area contributed by atoms with Crippen LogP contribution >= 0.6 is 0 Å². The van der Waals surface area contributed by atoms with Crippen molar-refractivity contribution in [3.05, 3.63) is 65.6 Å². The molecule has 1 heterocycles. The van der Waals surface area contributed by atoms with E-state index in [0.29, 0.717) is 0 Å². The van der Waals surface area contributed by atoms with Gasteiger partial charge in [0.25, 0.3) is 0 Å². The molecule has 0 radical (unpaired) electrons. The largest absolute Gasteiger partial charge is 0.399 e. The second-order valence-electron chi connectivity index (χ2n) is 6.42. The molecule has 3 rings (SSSR count). The van der Waals surface area contributed by atoms with Crippen LogP contribution in [0.1, 0.15) is 24.5 Å². The quantitative estimate of drug-likeness (QED) is 0.687. The Bertz CT molecular complexity index is 821. The smallest absolute Gasteiger partial charge is 0.123 e. The van der Waals surface area contributed by atoms with Crippen LogP contribution < -0.4 is 5.73 Å². The molecule has 3 nitrogen and oxygen atoms in total. The zero-order valence-corrected chi connectivity index (χ0v) is 14.3. The SMILES string of the molecule is CCCN(C)Cc1cn(Cc2ccc(F)cc2)c2ccc(N)cc12. The number of nitrogens with zero attached hydrogens (tertiary/aromatic N) is 2. The van der Waals surface area contributed by atoms with Crippen LogP contribution in [0.15, 0.2) is 48.7 Å². The first-order valence-electron chi connectivity index (χ1n) is 8.37. The Hall–Kier alpha value is -2.33. The molecule has 0 bridgehead atoms. The van der Waals surface area contributed by atoms with Crippen LogP contribution in [0.25, 0.3) is 10.9 Å². The summed E-state index contributed by atoms with van der Waals surface area (Å²) in [4.78, 5) is 2.32. The van der Waals surface area contributed by atoms with E-state index in [4.69, 9.17) is 5.73 Å². The lowest BCUT2D eigenvalue weighted by atomic mass is 10.1. The average Bonchev–Trinajstić information content (AvgIpc) is 2.87. The Kier molecular flexibility index (Phi) is 4.86. The molecule has 0 spiro atoms. The van der Waals surface area contributed by atoms with Gasteiger partial charge in [0.05, 0.1) is 0 Å². The predicted molar refractivity (Wildman–Crippen MR) is 98.5 cm³/mol. The average molecular weight is 325 g/mol. The van der Waals surface area contributed by atoms with Gasteiger partial charge < -0.3 is 15.2 Å². The minimum Gasteiger partial charge on any atom is -0.399 e. The Labute approximate surface area is 142 Å². The van der Waals surface area contributed by atoms with E-state index in [1.54, 1.807) is 0 Å². The maximum atomic E-state index is 13.1. The molecule has 4 heteroatoms. The van der Waals surface area contributed by atoms with Crippen molar-refractivity contribution in [2.24, 2.45) is 0 Å². The number of halogens is 1. The van der Waals surface area contributed by atoms with Gasteiger partial charge in [0.15, 0.2) is 0 Å². The Morgan fingerprint density at radius 3 is 2.58 bits per heavy atom. The highest BCUT2D eigenvalue weighted by atomic mass is 19.1. The van der Waals surface area contributed by atoms with Gasteiger partial charge >= 0.3 is 0 Å². The molecule has 0 amide bonds. The zero-order chi connectivity index (χ0) is 17.1. The second-order valence-corrected chi connectivity index (χ2v) is 6.42. The van der Waals surface area contributed by atoms with Crippen molar-refractivity contribution in [1.82, 2.24) is 9.47 Å². The summed E-state index contributed by atoms with van der Waals surface area (Å²) >= 11 is 0. The highest BCUT2D eigenvalue weighted by molar-refractivity contribution is 5.87. The van der Waals surface area contributed by atoms with E-state index in [-0.39, 0.29) is 5.82 Å². The molecule has 126 valence electrons. The van der Waals surface area contributed by atoms with Gasteiger partial charge in [-0.3, -0.25) is 0 Å². The van der Waals surface area contributed by atoms with Gasteiger partial charge in [-0.25, -0.2) is 4.39 Å². The van der Waals surface area contributed by atoms with Crippen molar-refractivity contribution in [3.8, 4) is 0 Å². The van der Waals surface area contributed by atoms with E-state index >= 15 is 0 Å². The maximum absolute atomic E-state index is 13.1. The van der Waals surface area contributed by atoms with Crippen LogP contribution in [0.5, 0.6) is 0 Å². The van der Waals surface area contributed by atoms with Gasteiger partial charge in [-0.1, -0.05) is 19.1 Å². The van der Waals surface area contributed by atoms with Crippen molar-refractivity contribution < 1.29 is 4.39 Å². The summed E-state index contributed by atoms with van der Waals surface area (Å²) in [7, 11) is 2.14. The fraction of sp³-hybridized carbons (Fsp3) is 0.300. The molecule has 0 fully saturated rings. The summed E-state index contributed by atoms with van der Waals surface area (Å²) in [6, 6.07) is 12.7. The normalized spacial score (nSPS) is 11.5. The lowest BCUT2D eigenvalue weighted by Gasteiger charge is -2.14. The first-order valence-corrected chi connectivity index (χ1v) is 8.37. The van der Waals surface area contributed by atoms with E-state index in [9.17, 15) is 4.39 Å². The summed E-state index contributed by atoms with van der Waals surface area (Å²) in [6.45, 7) is 4.86. The molecular weight excluding hydrogens is 301 g/mol. The summed E-state index contributed by atoms with van der Waals surface area (Å²) in [6.07, 6.45) is 3.33. The lowest BCUT2D eigenvalue weighted by Crippen LogP contribution is -2.18. The van der Waals surface area contributed by atoms with Gasteiger partial charge in [-0.15, -0.1) is 0 Å². The van der Waals surface area contributed by atoms with Crippen molar-refractivity contribution >= 4 is 16.6 Å². The van der Waals surface area contributed by atoms with E-state index < -0.39 is 0 Å². The fourth-order valence-corrected chi connectivity index (χ4v) is 3.18. The molecule has 0 aliphatic carbocycles. The van der Waals surface area contributed by atoms with Crippen molar-refractivity contribution in [1.29, 1.82) is 0 Å². The molecule has 0 unspecified atom stereocenters. The van der Waals surface area contributed by atoms with E-state index in [2.05, 4.69) is 35.7 Å². The molecule has 0 saturated carbocycles. The molecular formula is C20H24FN3. The summed E-state index contributed by atoms with van der Waals surface area (Å²) < 4.78 is 15.3. The highest BCUT2D eigenvalue weighted by Crippen LogP contribution is 2.26. The standard InChI is InChI=1S/C20H24FN3/c1-3-10-23(2)13-16-14-24(12-15-4-6-17(21)7-5-15)20-9-8-18(22)11-19(16)20/h4-9,11,14H,3,10,12-13,22H2,1-2H3. The summed E-state index contributed by atoms with van der Waals surface area (Å²) in [5.41, 5.74) is 10.3. The number of nitrogen functional groups attached to an aromatic ring is 1. The minimum absolute atomic E-state index is 0.203. The first-order chi connectivity index (χ1) is 11.6. The summed E-state index contributed by atoms with van der Waals surface area (Å²) in [5.74, 6) is -0.203. The Morgan fingerprint density at radius 1 is 1.12 bits per heavy atom. The number of hydrogen-bond acceptors (Lipinski definition) is 2. The van der Waals surface area contributed by atoms with E-state index in [1.165, 1.54) is 23.1 Å². The van der Waals surface area contributed by atoms with Gasteiger partial charge in [0.1, 0.15) is 5.82 Å². The van der Waals surface area contributed by atoms with Gasteiger partial charge in [0.2, 0.25) is 0 Å². The minimum atomic E-state index is -0.203. The van der Waals surface area contributed by atoms with Crippen LogP contribution in [0.3, 0.4) is 0 Å². The van der Waals surface area contributed by atoms with Crippen molar-refractivity contribution in [2.45, 2.75) is 26.4 Å². The highest BCUT2D eigenvalue weighted by Gasteiger charge is 2.11. The molecule has 24 heavy (non-hydrogen) atoms. The number of rotatable bonds is 6. The molecule has 1 aromatic heterocycles. The van der Waals surface area contributed by atoms with Crippen LogP contribution in [0.4, 0.5) is 10.1 Å². The Balaban J connectivity index is 1.96. The topological polar surface area (TPSA) is 34.2 Å². The fourth-order valence-electron chi connectivity index (χ4n) is 3.18. The van der Waals surface area contributed by atoms with Crippen molar-refractivity contribution in [3.63, 3.8) is 0 Å². The maximum Gasteiger partial charge on any atom is 0.123 e. The lowest BCUT2D eigenvalue weighted by molar-refractivity contribution is 0.328. The molecule has 0 saturated heterocycles. The molecule has 2 N–H and O–H groups in total. The molecule has 0 aliphatic heterocycles.